The molecule has 248 valence electrons. The predicted octanol–water partition coefficient (Wildman–Crippen LogP) is 4.39. The molecule has 0 saturated heterocycles. The lowest BCUT2D eigenvalue weighted by atomic mass is 9.81. The summed E-state index contributed by atoms with van der Waals surface area (Å²) in [6.45, 7) is 0.563. The highest BCUT2D eigenvalue weighted by atomic mass is 32.2. The number of hydrogen-bond donors (Lipinski definition) is 4. The van der Waals surface area contributed by atoms with Crippen LogP contribution in [0.3, 0.4) is 0 Å². The van der Waals surface area contributed by atoms with Crippen molar-refractivity contribution in [2.45, 2.75) is 49.2 Å². The summed E-state index contributed by atoms with van der Waals surface area (Å²) in [4.78, 5) is 26.4. The third-order valence-corrected chi connectivity index (χ3v) is 9.48. The van der Waals surface area contributed by atoms with E-state index in [2.05, 4.69) is 31.3 Å². The van der Waals surface area contributed by atoms with Crippen LogP contribution in [0.5, 0.6) is 0 Å². The largest absolute Gasteiger partial charge is 0.417 e. The lowest BCUT2D eigenvalue weighted by Crippen LogP contribution is -2.48. The maximum atomic E-state index is 13.9. The summed E-state index contributed by atoms with van der Waals surface area (Å²) in [6.07, 6.45) is -0.915. The molecule has 1 heterocycles. The van der Waals surface area contributed by atoms with E-state index in [0.717, 1.165) is 31.2 Å². The van der Waals surface area contributed by atoms with E-state index in [9.17, 15) is 31.2 Å². The van der Waals surface area contributed by atoms with E-state index < -0.39 is 38.4 Å². The molecule has 47 heavy (non-hydrogen) atoms. The minimum atomic E-state index is -4.80. The van der Waals surface area contributed by atoms with Gasteiger partial charge in [-0.05, 0) is 96.4 Å². The van der Waals surface area contributed by atoms with Crippen LogP contribution in [0.25, 0.3) is 22.5 Å². The number of carbonyl (C=O) groups is 2. The summed E-state index contributed by atoms with van der Waals surface area (Å²) in [5, 5.41) is 19.5. The minimum absolute atomic E-state index is 0.0656. The number of halogens is 3. The van der Waals surface area contributed by atoms with Crippen molar-refractivity contribution in [2.75, 3.05) is 18.1 Å². The summed E-state index contributed by atoms with van der Waals surface area (Å²) in [5.74, 6) is -0.228. The molecule has 1 aliphatic rings. The molecule has 2 amide bonds. The van der Waals surface area contributed by atoms with Gasteiger partial charge < -0.3 is 16.4 Å². The van der Waals surface area contributed by atoms with Gasteiger partial charge in [0.25, 0.3) is 0 Å². The predicted molar refractivity (Wildman–Crippen MR) is 168 cm³/mol. The Kier molecular flexibility index (Phi) is 10.1. The first-order valence-corrected chi connectivity index (χ1v) is 16.9. The van der Waals surface area contributed by atoms with E-state index in [1.807, 2.05) is 0 Å². The molecule has 1 atom stereocenters. The monoisotopic (exact) mass is 669 g/mol. The summed E-state index contributed by atoms with van der Waals surface area (Å²) < 4.78 is 65.6. The van der Waals surface area contributed by atoms with E-state index in [1.165, 1.54) is 12.1 Å². The normalized spacial score (nSPS) is 17.6. The smallest absolute Gasteiger partial charge is 0.344 e. The van der Waals surface area contributed by atoms with Crippen molar-refractivity contribution >= 4 is 27.3 Å². The number of hydrogen-bond acceptors (Lipinski definition) is 8. The third-order valence-electron chi connectivity index (χ3n) is 8.37. The van der Waals surface area contributed by atoms with Gasteiger partial charge in [-0.15, -0.1) is 10.2 Å². The number of rotatable bonds is 10. The average molecular weight is 670 g/mol. The van der Waals surface area contributed by atoms with Crippen LogP contribution in [-0.2, 0) is 32.0 Å². The molecule has 3 aromatic carbocycles. The maximum absolute atomic E-state index is 13.9. The standard InChI is InChI=1S/C32H34F3N7O4S/c1-47(45,46)25-14-15-26(27(17-25)32(33,34)35)21-6-2-19(3-7-21)16-28(38-30(43)23-8-4-20(18-36)5-9-23)31(44)37-24-12-10-22(11-13-24)29-39-41-42-40-29/h2-3,6-7,10-15,17,20,23,28H,4-5,8-9,16,18,36H2,1H3,(H,37,44)(H,38,43)(H,39,40,41,42)/t20?,23?,28-/m0/s1. The summed E-state index contributed by atoms with van der Waals surface area (Å²) >= 11 is 0. The summed E-state index contributed by atoms with van der Waals surface area (Å²) in [7, 11) is -3.86. The van der Waals surface area contributed by atoms with Crippen molar-refractivity contribution in [1.82, 2.24) is 25.9 Å². The molecule has 0 spiro atoms. The number of nitrogens with one attached hydrogen (secondary N) is 3. The van der Waals surface area contributed by atoms with Gasteiger partial charge >= 0.3 is 6.18 Å². The first-order chi connectivity index (χ1) is 22.3. The number of nitrogens with two attached hydrogens (primary N) is 1. The van der Waals surface area contributed by atoms with E-state index in [0.29, 0.717) is 54.0 Å². The van der Waals surface area contributed by atoms with Crippen molar-refractivity contribution in [3.05, 3.63) is 77.9 Å². The van der Waals surface area contributed by atoms with E-state index in [4.69, 9.17) is 5.73 Å². The lowest BCUT2D eigenvalue weighted by Gasteiger charge is -2.28. The van der Waals surface area contributed by atoms with Crippen LogP contribution < -0.4 is 16.4 Å². The maximum Gasteiger partial charge on any atom is 0.417 e. The number of aromatic amines is 1. The molecular formula is C32H34F3N7O4S. The van der Waals surface area contributed by atoms with Gasteiger partial charge in [-0.1, -0.05) is 30.3 Å². The van der Waals surface area contributed by atoms with Crippen molar-refractivity contribution in [3.63, 3.8) is 0 Å². The fraction of sp³-hybridized carbons (Fsp3) is 0.344. The van der Waals surface area contributed by atoms with Gasteiger partial charge in [0, 0.05) is 29.8 Å². The van der Waals surface area contributed by atoms with Gasteiger partial charge in [-0.25, -0.2) is 8.42 Å². The van der Waals surface area contributed by atoms with Crippen LogP contribution in [0, 0.1) is 11.8 Å². The van der Waals surface area contributed by atoms with Crippen molar-refractivity contribution in [3.8, 4) is 22.5 Å². The molecule has 4 aromatic rings. The van der Waals surface area contributed by atoms with Crippen LogP contribution >= 0.6 is 0 Å². The SMILES string of the molecule is CS(=O)(=O)c1ccc(-c2ccc(C[C@H](NC(=O)C3CCC(CN)CC3)C(=O)Nc3ccc(-c4nn[nH]n4)cc3)cc2)c(C(F)(F)F)c1. The van der Waals surface area contributed by atoms with Crippen LogP contribution in [0.15, 0.2) is 71.6 Å². The molecule has 0 unspecified atom stereocenters. The Morgan fingerprint density at radius 2 is 1.64 bits per heavy atom. The average Bonchev–Trinajstić information content (AvgIpc) is 3.59. The number of sulfone groups is 1. The van der Waals surface area contributed by atoms with Gasteiger partial charge in [0.1, 0.15) is 6.04 Å². The van der Waals surface area contributed by atoms with Gasteiger partial charge in [-0.2, -0.15) is 18.4 Å². The number of amides is 2. The molecule has 0 bridgehead atoms. The Labute approximate surface area is 269 Å². The topological polar surface area (TPSA) is 173 Å². The van der Waals surface area contributed by atoms with E-state index >= 15 is 0 Å². The molecule has 11 nitrogen and oxygen atoms in total. The lowest BCUT2D eigenvalue weighted by molar-refractivity contribution is -0.137. The molecular weight excluding hydrogens is 635 g/mol. The van der Waals surface area contributed by atoms with E-state index in [1.54, 1.807) is 36.4 Å². The Bertz CT molecular complexity index is 1810. The van der Waals surface area contributed by atoms with Crippen molar-refractivity contribution in [1.29, 1.82) is 0 Å². The number of H-pyrrole nitrogens is 1. The van der Waals surface area contributed by atoms with Crippen LogP contribution in [-0.4, -0.2) is 59.7 Å². The van der Waals surface area contributed by atoms with Gasteiger partial charge in [0.05, 0.1) is 10.5 Å². The Morgan fingerprint density at radius 1 is 0.979 bits per heavy atom. The number of benzene rings is 3. The van der Waals surface area contributed by atoms with Crippen LogP contribution in [0.2, 0.25) is 0 Å². The zero-order valence-electron chi connectivity index (χ0n) is 25.4. The van der Waals surface area contributed by atoms with Gasteiger partial charge in [0.2, 0.25) is 17.6 Å². The highest BCUT2D eigenvalue weighted by Gasteiger charge is 2.35. The second-order valence-electron chi connectivity index (χ2n) is 11.7. The number of anilines is 1. The molecule has 1 saturated carbocycles. The number of tetrazole rings is 1. The molecule has 1 aromatic heterocycles. The second-order valence-corrected chi connectivity index (χ2v) is 13.7. The first-order valence-electron chi connectivity index (χ1n) is 15.0. The zero-order chi connectivity index (χ0) is 33.8. The molecule has 15 heteroatoms. The van der Waals surface area contributed by atoms with Crippen molar-refractivity contribution < 1.29 is 31.2 Å². The number of nitrogens with zero attached hydrogens (tertiary/aromatic N) is 3. The quantitative estimate of drug-likeness (QED) is 0.193. The third kappa shape index (κ3) is 8.40. The second kappa shape index (κ2) is 14.0. The summed E-state index contributed by atoms with van der Waals surface area (Å²) in [5.41, 5.74) is 6.49. The zero-order valence-corrected chi connectivity index (χ0v) is 26.2. The molecule has 5 rings (SSSR count). The van der Waals surface area contributed by atoms with Crippen LogP contribution in [0.4, 0.5) is 18.9 Å². The van der Waals surface area contributed by atoms with Crippen molar-refractivity contribution in [2.24, 2.45) is 17.6 Å². The van der Waals surface area contributed by atoms with Gasteiger partial charge in [-0.3, -0.25) is 9.59 Å². The fourth-order valence-electron chi connectivity index (χ4n) is 5.67. The summed E-state index contributed by atoms with van der Waals surface area (Å²) in [6, 6.07) is 14.8. The number of carbonyl (C=O) groups excluding carboxylic acids is 2. The number of alkyl halides is 3. The Morgan fingerprint density at radius 3 is 2.21 bits per heavy atom. The van der Waals surface area contributed by atoms with E-state index in [-0.39, 0.29) is 29.4 Å². The first kappa shape index (κ1) is 33.7. The molecule has 5 N–H and O–H groups in total. The number of aromatic nitrogens is 4. The fourth-order valence-corrected chi connectivity index (χ4v) is 6.32. The molecule has 0 radical (unpaired) electrons. The Balaban J connectivity index is 1.36. The highest BCUT2D eigenvalue weighted by molar-refractivity contribution is 7.90. The minimum Gasteiger partial charge on any atom is -0.344 e. The molecule has 1 aliphatic carbocycles. The molecule has 0 aliphatic heterocycles. The Hall–Kier alpha value is -4.63. The van der Waals surface area contributed by atoms with Gasteiger partial charge in [0.15, 0.2) is 9.84 Å². The molecule has 1 fully saturated rings. The highest BCUT2D eigenvalue weighted by Crippen LogP contribution is 2.38. The van der Waals surface area contributed by atoms with Crippen LogP contribution in [0.1, 0.15) is 36.8 Å².